The maximum Gasteiger partial charge on any atom is 0.257 e. The van der Waals surface area contributed by atoms with Gasteiger partial charge in [0.2, 0.25) is 0 Å². The molecule has 5 nitrogen and oxygen atoms in total. The third kappa shape index (κ3) is 5.57. The molecule has 1 heterocycles. The summed E-state index contributed by atoms with van der Waals surface area (Å²) in [7, 11) is 0. The number of amides is 2. The lowest BCUT2D eigenvalue weighted by atomic mass is 10.0. The molecule has 3 rings (SSSR count). The molecular weight excluding hydrogens is 447 g/mol. The van der Waals surface area contributed by atoms with Crippen molar-refractivity contribution in [3.05, 3.63) is 63.6 Å². The van der Waals surface area contributed by atoms with Crippen molar-refractivity contribution in [2.24, 2.45) is 5.92 Å². The molecule has 0 saturated heterocycles. The van der Waals surface area contributed by atoms with Crippen molar-refractivity contribution in [3.8, 4) is 5.75 Å². The van der Waals surface area contributed by atoms with E-state index in [2.05, 4.69) is 13.8 Å². The van der Waals surface area contributed by atoms with Gasteiger partial charge in [0.25, 0.3) is 11.8 Å². The topological polar surface area (TPSA) is 49.9 Å². The molecule has 0 radical (unpaired) electrons. The SMILES string of the molecule is CCN1CCCCN(C(=O)c2ccc(Cl)c(Cl)c2)[C@@H](C(C)C)COc2ccccc2C1=O. The largest absolute Gasteiger partial charge is 0.491 e. The zero-order valence-electron chi connectivity index (χ0n) is 18.8. The average Bonchev–Trinajstić information content (AvgIpc) is 2.78. The summed E-state index contributed by atoms with van der Waals surface area (Å²) in [5, 5.41) is 0.775. The van der Waals surface area contributed by atoms with Gasteiger partial charge in [0, 0.05) is 25.2 Å². The van der Waals surface area contributed by atoms with Crippen LogP contribution in [0.4, 0.5) is 0 Å². The molecule has 0 spiro atoms. The molecule has 2 amide bonds. The van der Waals surface area contributed by atoms with Crippen molar-refractivity contribution in [1.82, 2.24) is 9.80 Å². The van der Waals surface area contributed by atoms with Gasteiger partial charge in [-0.2, -0.15) is 0 Å². The van der Waals surface area contributed by atoms with Crippen molar-refractivity contribution < 1.29 is 14.3 Å². The lowest BCUT2D eigenvalue weighted by molar-refractivity contribution is 0.0512. The van der Waals surface area contributed by atoms with Crippen LogP contribution in [0.15, 0.2) is 42.5 Å². The number of benzene rings is 2. The van der Waals surface area contributed by atoms with Crippen LogP contribution >= 0.6 is 23.2 Å². The molecule has 2 aromatic rings. The van der Waals surface area contributed by atoms with Gasteiger partial charge in [-0.25, -0.2) is 0 Å². The highest BCUT2D eigenvalue weighted by atomic mass is 35.5. The second-order valence-electron chi connectivity index (χ2n) is 8.34. The van der Waals surface area contributed by atoms with E-state index in [-0.39, 0.29) is 23.8 Å². The smallest absolute Gasteiger partial charge is 0.257 e. The van der Waals surface area contributed by atoms with E-state index in [0.29, 0.717) is 53.2 Å². The maximum atomic E-state index is 13.5. The first-order valence-electron chi connectivity index (χ1n) is 11.1. The maximum absolute atomic E-state index is 13.5. The molecule has 0 saturated carbocycles. The Kier molecular flexibility index (Phi) is 8.44. The van der Waals surface area contributed by atoms with Gasteiger partial charge >= 0.3 is 0 Å². The van der Waals surface area contributed by atoms with E-state index in [4.69, 9.17) is 27.9 Å². The summed E-state index contributed by atoms with van der Waals surface area (Å²) in [6, 6.07) is 12.1. The molecule has 2 aromatic carbocycles. The number of rotatable bonds is 3. The van der Waals surface area contributed by atoms with Crippen molar-refractivity contribution in [2.75, 3.05) is 26.2 Å². The molecule has 1 atom stereocenters. The van der Waals surface area contributed by atoms with Crippen LogP contribution in [0.5, 0.6) is 5.75 Å². The van der Waals surface area contributed by atoms with Crippen LogP contribution in [0.1, 0.15) is 54.3 Å². The van der Waals surface area contributed by atoms with Crippen LogP contribution in [-0.4, -0.2) is 53.9 Å². The fourth-order valence-electron chi connectivity index (χ4n) is 3.96. The zero-order chi connectivity index (χ0) is 23.3. The van der Waals surface area contributed by atoms with Gasteiger partial charge in [-0.1, -0.05) is 49.2 Å². The van der Waals surface area contributed by atoms with Gasteiger partial charge in [0.15, 0.2) is 0 Å². The van der Waals surface area contributed by atoms with E-state index in [0.717, 1.165) is 12.8 Å². The second-order valence-corrected chi connectivity index (χ2v) is 9.15. The Bertz CT molecular complexity index is 964. The van der Waals surface area contributed by atoms with E-state index in [9.17, 15) is 9.59 Å². The standard InChI is InChI=1S/C25H30Cl2N2O3/c1-4-28-13-7-8-14-29(24(30)18-11-12-20(26)21(27)15-18)22(17(2)3)16-32-23-10-6-5-9-19(23)25(28)31/h5-6,9-12,15,17,22H,4,7-8,13-14,16H2,1-3H3/t22-/m1/s1. The Hall–Kier alpha value is -2.24. The number of carbonyl (C=O) groups is 2. The van der Waals surface area contributed by atoms with Crippen LogP contribution in [0.3, 0.4) is 0 Å². The number of ether oxygens (including phenoxy) is 1. The van der Waals surface area contributed by atoms with Gasteiger partial charge in [0.05, 0.1) is 21.7 Å². The molecule has 0 aliphatic carbocycles. The normalized spacial score (nSPS) is 17.9. The van der Waals surface area contributed by atoms with Crippen LogP contribution in [0.25, 0.3) is 0 Å². The minimum absolute atomic E-state index is 0.0199. The number of hydrogen-bond donors (Lipinski definition) is 0. The van der Waals surface area contributed by atoms with Gasteiger partial charge in [-0.05, 0) is 56.0 Å². The molecule has 1 aliphatic heterocycles. The van der Waals surface area contributed by atoms with E-state index in [1.165, 1.54) is 0 Å². The molecule has 172 valence electrons. The first-order chi connectivity index (χ1) is 15.3. The monoisotopic (exact) mass is 476 g/mol. The van der Waals surface area contributed by atoms with E-state index in [1.54, 1.807) is 24.3 Å². The number of halogens is 2. The van der Waals surface area contributed by atoms with Crippen LogP contribution < -0.4 is 4.74 Å². The molecule has 7 heteroatoms. The lowest BCUT2D eigenvalue weighted by Gasteiger charge is -2.35. The van der Waals surface area contributed by atoms with Gasteiger partial charge in [-0.3, -0.25) is 9.59 Å². The molecule has 0 fully saturated rings. The van der Waals surface area contributed by atoms with Gasteiger partial charge in [0.1, 0.15) is 12.4 Å². The highest BCUT2D eigenvalue weighted by molar-refractivity contribution is 6.42. The van der Waals surface area contributed by atoms with Crippen LogP contribution in [0.2, 0.25) is 10.0 Å². The third-order valence-corrected chi connectivity index (χ3v) is 6.61. The summed E-state index contributed by atoms with van der Waals surface area (Å²) in [6.07, 6.45) is 1.58. The Balaban J connectivity index is 1.95. The summed E-state index contributed by atoms with van der Waals surface area (Å²) in [5.74, 6) is 0.580. The first kappa shape index (κ1) is 24.4. The molecule has 0 bridgehead atoms. The number of nitrogens with zero attached hydrogens (tertiary/aromatic N) is 2. The number of para-hydroxylation sites is 1. The van der Waals surface area contributed by atoms with E-state index < -0.39 is 0 Å². The summed E-state index contributed by atoms with van der Waals surface area (Å²) >= 11 is 12.2. The van der Waals surface area contributed by atoms with Crippen molar-refractivity contribution >= 4 is 35.0 Å². The van der Waals surface area contributed by atoms with E-state index in [1.807, 2.05) is 34.9 Å². The summed E-state index contributed by atoms with van der Waals surface area (Å²) in [4.78, 5) is 30.3. The molecule has 0 N–H and O–H groups in total. The number of hydrogen-bond acceptors (Lipinski definition) is 3. The van der Waals surface area contributed by atoms with E-state index >= 15 is 0 Å². The summed E-state index contributed by atoms with van der Waals surface area (Å²) in [6.45, 7) is 8.23. The Morgan fingerprint density at radius 3 is 2.50 bits per heavy atom. The van der Waals surface area contributed by atoms with Crippen LogP contribution in [0, 0.1) is 5.92 Å². The number of carbonyl (C=O) groups excluding carboxylic acids is 2. The Morgan fingerprint density at radius 1 is 1.09 bits per heavy atom. The summed E-state index contributed by atoms with van der Waals surface area (Å²) in [5.41, 5.74) is 1.06. The first-order valence-corrected chi connectivity index (χ1v) is 11.9. The van der Waals surface area contributed by atoms with Crippen molar-refractivity contribution in [2.45, 2.75) is 39.7 Å². The second kappa shape index (κ2) is 11.1. The van der Waals surface area contributed by atoms with Crippen molar-refractivity contribution in [1.29, 1.82) is 0 Å². The fourth-order valence-corrected chi connectivity index (χ4v) is 4.26. The average molecular weight is 477 g/mol. The fraction of sp³-hybridized carbons (Fsp3) is 0.440. The van der Waals surface area contributed by atoms with Crippen LogP contribution in [-0.2, 0) is 0 Å². The lowest BCUT2D eigenvalue weighted by Crippen LogP contribution is -2.47. The van der Waals surface area contributed by atoms with Crippen molar-refractivity contribution in [3.63, 3.8) is 0 Å². The minimum Gasteiger partial charge on any atom is -0.491 e. The zero-order valence-corrected chi connectivity index (χ0v) is 20.3. The molecule has 1 aliphatic rings. The highest BCUT2D eigenvalue weighted by Crippen LogP contribution is 2.26. The quantitative estimate of drug-likeness (QED) is 0.562. The summed E-state index contributed by atoms with van der Waals surface area (Å²) < 4.78 is 6.17. The highest BCUT2D eigenvalue weighted by Gasteiger charge is 2.29. The molecule has 32 heavy (non-hydrogen) atoms. The predicted octanol–water partition coefficient (Wildman–Crippen LogP) is 5.80. The van der Waals surface area contributed by atoms with Gasteiger partial charge in [-0.15, -0.1) is 0 Å². The minimum atomic E-state index is -0.165. The molecule has 0 aromatic heterocycles. The van der Waals surface area contributed by atoms with Gasteiger partial charge < -0.3 is 14.5 Å². The third-order valence-electron chi connectivity index (χ3n) is 5.87. The Labute approximate surface area is 200 Å². The Morgan fingerprint density at radius 2 is 1.81 bits per heavy atom. The molecule has 0 unspecified atom stereocenters. The number of fused-ring (bicyclic) bond motifs is 1. The molecular formula is C25H30Cl2N2O3. The predicted molar refractivity (Wildman–Crippen MR) is 129 cm³/mol.